The second kappa shape index (κ2) is 16.5. The highest BCUT2D eigenvalue weighted by Crippen LogP contribution is 2.37. The van der Waals surface area contributed by atoms with Crippen LogP contribution < -0.4 is 29.1 Å². The molecule has 50 heavy (non-hydrogen) atoms. The zero-order valence-electron chi connectivity index (χ0n) is 27.5. The minimum Gasteiger partial charge on any atom is -0.490 e. The van der Waals surface area contributed by atoms with Gasteiger partial charge in [0.25, 0.3) is 5.56 Å². The van der Waals surface area contributed by atoms with Crippen molar-refractivity contribution >= 4 is 67.9 Å². The lowest BCUT2D eigenvalue weighted by Crippen LogP contribution is -2.40. The predicted molar refractivity (Wildman–Crippen MR) is 198 cm³/mol. The van der Waals surface area contributed by atoms with Gasteiger partial charge in [-0.3, -0.25) is 9.36 Å². The smallest absolute Gasteiger partial charge is 0.343 e. The summed E-state index contributed by atoms with van der Waals surface area (Å²) in [5, 5.41) is 9.43. The number of rotatable bonds is 12. The molecule has 2 heterocycles. The Morgan fingerprint density at radius 2 is 1.86 bits per heavy atom. The second-order valence-corrected chi connectivity index (χ2v) is 13.7. The van der Waals surface area contributed by atoms with Crippen LogP contribution in [0.5, 0.6) is 17.2 Å². The number of nitriles is 1. The van der Waals surface area contributed by atoms with Gasteiger partial charge in [0, 0.05) is 5.56 Å². The van der Waals surface area contributed by atoms with Crippen molar-refractivity contribution in [1.82, 2.24) is 4.57 Å². The Morgan fingerprint density at radius 3 is 2.56 bits per heavy atom. The Bertz CT molecular complexity index is 2200. The number of carbonyl (C=O) groups excluding carboxylic acids is 2. The van der Waals surface area contributed by atoms with Crippen LogP contribution in [0.1, 0.15) is 49.1 Å². The van der Waals surface area contributed by atoms with Gasteiger partial charge in [-0.1, -0.05) is 35.6 Å². The van der Waals surface area contributed by atoms with Crippen LogP contribution in [0.15, 0.2) is 80.1 Å². The average Bonchev–Trinajstić information content (AvgIpc) is 3.40. The molecule has 14 heteroatoms. The SMILES string of the molecule is CCOC(=O)C1=C(C)N=c2s/c(=C\c3cc(Br)c(OCc4ccccc4C#N)c(I)c3)c(=O)n2[C@@H]1c1ccc(OCC(=O)OC)c(OCC)c1. The first-order chi connectivity index (χ1) is 24.1. The molecule has 1 aliphatic rings. The molecule has 0 amide bonds. The van der Waals surface area contributed by atoms with E-state index in [2.05, 4.69) is 54.3 Å². The Morgan fingerprint density at radius 1 is 1.08 bits per heavy atom. The van der Waals surface area contributed by atoms with E-state index in [9.17, 15) is 19.6 Å². The molecule has 0 saturated carbocycles. The van der Waals surface area contributed by atoms with E-state index < -0.39 is 18.0 Å². The number of hydrogen-bond donors (Lipinski definition) is 0. The lowest BCUT2D eigenvalue weighted by Gasteiger charge is -2.25. The third-order valence-corrected chi connectivity index (χ3v) is 9.88. The summed E-state index contributed by atoms with van der Waals surface area (Å²) in [7, 11) is 1.27. The van der Waals surface area contributed by atoms with Gasteiger partial charge in [0.05, 0.1) is 61.8 Å². The minimum atomic E-state index is -0.889. The minimum absolute atomic E-state index is 0.134. The summed E-state index contributed by atoms with van der Waals surface area (Å²) in [6.45, 7) is 5.54. The van der Waals surface area contributed by atoms with E-state index in [0.717, 1.165) is 14.7 Å². The average molecular weight is 873 g/mol. The quantitative estimate of drug-likeness (QED) is 0.132. The number of esters is 2. The number of aromatic nitrogens is 1. The van der Waals surface area contributed by atoms with Gasteiger partial charge in [-0.25, -0.2) is 14.6 Å². The van der Waals surface area contributed by atoms with Gasteiger partial charge in [-0.2, -0.15) is 5.26 Å². The molecule has 0 fully saturated rings. The number of hydrogen-bond acceptors (Lipinski definition) is 11. The van der Waals surface area contributed by atoms with E-state index >= 15 is 0 Å². The van der Waals surface area contributed by atoms with Crippen molar-refractivity contribution < 1.29 is 33.3 Å². The first-order valence-corrected chi connectivity index (χ1v) is 18.0. The van der Waals surface area contributed by atoms with Crippen molar-refractivity contribution in [2.75, 3.05) is 26.9 Å². The van der Waals surface area contributed by atoms with Crippen molar-refractivity contribution in [1.29, 1.82) is 5.26 Å². The lowest BCUT2D eigenvalue weighted by atomic mass is 9.95. The fourth-order valence-corrected chi connectivity index (χ4v) is 8.06. The van der Waals surface area contributed by atoms with Gasteiger partial charge in [-0.05, 0) is 107 Å². The Kier molecular flexibility index (Phi) is 12.1. The molecule has 5 rings (SSSR count). The highest BCUT2D eigenvalue weighted by Gasteiger charge is 2.34. The fourth-order valence-electron chi connectivity index (χ4n) is 5.24. The van der Waals surface area contributed by atoms with Crippen LogP contribution in [0.3, 0.4) is 0 Å². The molecule has 3 aromatic carbocycles. The number of nitrogens with zero attached hydrogens (tertiary/aromatic N) is 3. The van der Waals surface area contributed by atoms with Crippen LogP contribution in [-0.4, -0.2) is 43.4 Å². The molecule has 0 unspecified atom stereocenters. The molecule has 0 N–H and O–H groups in total. The molecular formula is C36H31BrIN3O8S. The van der Waals surface area contributed by atoms with Crippen molar-refractivity contribution in [3.63, 3.8) is 0 Å². The predicted octanol–water partition coefficient (Wildman–Crippen LogP) is 5.57. The van der Waals surface area contributed by atoms with Crippen LogP contribution in [0.4, 0.5) is 0 Å². The summed E-state index contributed by atoms with van der Waals surface area (Å²) in [5.74, 6) is 0.0803. The summed E-state index contributed by atoms with van der Waals surface area (Å²) in [6.07, 6.45) is 1.77. The first kappa shape index (κ1) is 36.8. The standard InChI is InChI=1S/C36H31BrIN3O8S/c1-5-46-28-16-22(11-12-27(28)48-19-30(42)45-4)32-31(35(44)47-6-2)20(3)40-36-41(32)34(43)29(50-36)15-21-13-25(37)33(26(38)14-21)49-18-24-10-8-7-9-23(24)17-39/h7-16,32H,5-6,18-19H2,1-4H3/b29-15-/t32-/m1/s1. The van der Waals surface area contributed by atoms with E-state index in [4.69, 9.17) is 18.9 Å². The number of halogens is 2. The molecule has 1 atom stereocenters. The van der Waals surface area contributed by atoms with Crippen molar-refractivity contribution in [3.8, 4) is 23.3 Å². The van der Waals surface area contributed by atoms with Gasteiger partial charge in [0.2, 0.25) is 0 Å². The van der Waals surface area contributed by atoms with Crippen molar-refractivity contribution in [3.05, 3.63) is 116 Å². The molecule has 0 bridgehead atoms. The molecule has 0 saturated heterocycles. The lowest BCUT2D eigenvalue weighted by molar-refractivity contribution is -0.143. The van der Waals surface area contributed by atoms with Crippen LogP contribution >= 0.6 is 49.9 Å². The summed E-state index contributed by atoms with van der Waals surface area (Å²) >= 11 is 6.98. The largest absolute Gasteiger partial charge is 0.490 e. The van der Waals surface area contributed by atoms with Crippen molar-refractivity contribution in [2.45, 2.75) is 33.4 Å². The highest BCUT2D eigenvalue weighted by atomic mass is 127. The Hall–Kier alpha value is -4.46. The zero-order valence-corrected chi connectivity index (χ0v) is 32.0. The molecule has 4 aromatic rings. The van der Waals surface area contributed by atoms with Crippen LogP contribution in [0, 0.1) is 14.9 Å². The number of fused-ring (bicyclic) bond motifs is 1. The molecule has 0 radical (unpaired) electrons. The topological polar surface area (TPSA) is 138 Å². The second-order valence-electron chi connectivity index (χ2n) is 10.7. The van der Waals surface area contributed by atoms with E-state index in [0.29, 0.717) is 54.5 Å². The zero-order chi connectivity index (χ0) is 35.9. The third-order valence-electron chi connectivity index (χ3n) is 7.50. The third kappa shape index (κ3) is 7.95. The van der Waals surface area contributed by atoms with Gasteiger partial charge in [-0.15, -0.1) is 0 Å². The van der Waals surface area contributed by atoms with E-state index in [1.54, 1.807) is 57.2 Å². The summed E-state index contributed by atoms with van der Waals surface area (Å²) in [6, 6.07) is 17.3. The molecule has 11 nitrogen and oxygen atoms in total. The number of carbonyl (C=O) groups is 2. The normalized spacial score (nSPS) is 13.9. The Labute approximate surface area is 313 Å². The van der Waals surface area contributed by atoms with Crippen LogP contribution in [0.2, 0.25) is 0 Å². The maximum absolute atomic E-state index is 14.2. The van der Waals surface area contributed by atoms with Crippen LogP contribution in [0.25, 0.3) is 6.08 Å². The first-order valence-electron chi connectivity index (χ1n) is 15.4. The Balaban J connectivity index is 1.57. The van der Waals surface area contributed by atoms with E-state index in [1.165, 1.54) is 23.0 Å². The molecule has 0 spiro atoms. The van der Waals surface area contributed by atoms with Gasteiger partial charge >= 0.3 is 11.9 Å². The summed E-state index contributed by atoms with van der Waals surface area (Å²) < 4.78 is 31.0. The molecule has 0 aliphatic carbocycles. The molecular weight excluding hydrogens is 841 g/mol. The summed E-state index contributed by atoms with van der Waals surface area (Å²) in [5.41, 5.74) is 2.89. The van der Waals surface area contributed by atoms with Gasteiger partial charge in [0.15, 0.2) is 22.9 Å². The highest BCUT2D eigenvalue weighted by molar-refractivity contribution is 14.1. The van der Waals surface area contributed by atoms with Crippen LogP contribution in [-0.2, 0) is 25.7 Å². The number of thiazole rings is 1. The molecule has 258 valence electrons. The van der Waals surface area contributed by atoms with Crippen molar-refractivity contribution in [2.24, 2.45) is 4.99 Å². The number of benzene rings is 3. The molecule has 1 aliphatic heterocycles. The number of ether oxygens (including phenoxy) is 5. The van der Waals surface area contributed by atoms with Gasteiger partial charge in [0.1, 0.15) is 12.4 Å². The summed E-state index contributed by atoms with van der Waals surface area (Å²) in [4.78, 5) is 44.4. The maximum atomic E-state index is 14.2. The number of methoxy groups -OCH3 is 1. The van der Waals surface area contributed by atoms with E-state index in [-0.39, 0.29) is 31.0 Å². The van der Waals surface area contributed by atoms with E-state index in [1.807, 2.05) is 24.3 Å². The molecule has 1 aromatic heterocycles. The maximum Gasteiger partial charge on any atom is 0.343 e. The van der Waals surface area contributed by atoms with Gasteiger partial charge < -0.3 is 23.7 Å². The number of allylic oxidation sites excluding steroid dienone is 1. The fraction of sp³-hybridized carbons (Fsp3) is 0.250. The monoisotopic (exact) mass is 871 g/mol.